The van der Waals surface area contributed by atoms with Gasteiger partial charge in [0.15, 0.2) is 0 Å². The molecule has 0 aliphatic rings. The Bertz CT molecular complexity index is 490. The normalized spacial score (nSPS) is 11.8. The molecule has 1 N–H and O–H groups in total. The number of hydrogen-bond acceptors (Lipinski definition) is 5. The van der Waals surface area contributed by atoms with Crippen LogP contribution in [0.2, 0.25) is 0 Å². The average Bonchev–Trinajstić information content (AvgIpc) is 2.44. The summed E-state index contributed by atoms with van der Waals surface area (Å²) in [6.07, 6.45) is 0. The molecule has 0 spiro atoms. The smallest absolute Gasteiger partial charge is 0.340 e. The van der Waals surface area contributed by atoms with Crippen LogP contribution in [0.1, 0.15) is 29.8 Å². The van der Waals surface area contributed by atoms with E-state index in [1.807, 2.05) is 0 Å². The molecular formula is C14H18FNO4. The Morgan fingerprint density at radius 1 is 1.40 bits per heavy atom. The lowest BCUT2D eigenvalue weighted by molar-refractivity contribution is -0.145. The predicted molar refractivity (Wildman–Crippen MR) is 70.7 cm³/mol. The van der Waals surface area contributed by atoms with Crippen molar-refractivity contribution in [2.45, 2.75) is 26.4 Å². The number of halogens is 1. The van der Waals surface area contributed by atoms with Crippen LogP contribution in [-0.4, -0.2) is 31.7 Å². The van der Waals surface area contributed by atoms with Crippen molar-refractivity contribution in [3.05, 3.63) is 35.1 Å². The first-order chi connectivity index (χ1) is 9.49. The maximum atomic E-state index is 13.7. The van der Waals surface area contributed by atoms with Gasteiger partial charge in [-0.2, -0.15) is 0 Å². The van der Waals surface area contributed by atoms with E-state index in [0.29, 0.717) is 18.7 Å². The van der Waals surface area contributed by atoms with E-state index in [1.165, 1.54) is 19.2 Å². The summed E-state index contributed by atoms with van der Waals surface area (Å²) >= 11 is 0. The largest absolute Gasteiger partial charge is 0.465 e. The van der Waals surface area contributed by atoms with Crippen molar-refractivity contribution in [1.82, 2.24) is 5.32 Å². The van der Waals surface area contributed by atoms with Gasteiger partial charge in [0.2, 0.25) is 0 Å². The lowest BCUT2D eigenvalue weighted by atomic mass is 10.1. The molecule has 0 bridgehead atoms. The molecule has 1 rings (SSSR count). The van der Waals surface area contributed by atoms with Gasteiger partial charge >= 0.3 is 11.9 Å². The van der Waals surface area contributed by atoms with Crippen LogP contribution in [0.5, 0.6) is 0 Å². The second kappa shape index (κ2) is 7.59. The SMILES string of the molecule is CCOC(=O)C(C)NCc1ccc(C(=O)OC)c(F)c1. The molecule has 0 radical (unpaired) electrons. The Hall–Kier alpha value is -1.95. The fraction of sp³-hybridized carbons (Fsp3) is 0.429. The molecule has 1 atom stereocenters. The van der Waals surface area contributed by atoms with Crippen molar-refractivity contribution >= 4 is 11.9 Å². The highest BCUT2D eigenvalue weighted by molar-refractivity contribution is 5.89. The predicted octanol–water partition coefficient (Wildman–Crippen LogP) is 1.65. The first-order valence-electron chi connectivity index (χ1n) is 6.26. The summed E-state index contributed by atoms with van der Waals surface area (Å²) in [6.45, 7) is 3.99. The summed E-state index contributed by atoms with van der Waals surface area (Å²) in [4.78, 5) is 22.6. The number of ether oxygens (including phenoxy) is 2. The molecule has 0 saturated carbocycles. The molecule has 5 nitrogen and oxygen atoms in total. The minimum Gasteiger partial charge on any atom is -0.465 e. The summed E-state index contributed by atoms with van der Waals surface area (Å²) < 4.78 is 23.0. The Kier molecular flexibility index (Phi) is 6.11. The molecule has 20 heavy (non-hydrogen) atoms. The third-order valence-corrected chi connectivity index (χ3v) is 2.69. The van der Waals surface area contributed by atoms with Crippen LogP contribution in [0.4, 0.5) is 4.39 Å². The zero-order valence-corrected chi connectivity index (χ0v) is 11.7. The van der Waals surface area contributed by atoms with Gasteiger partial charge in [-0.25, -0.2) is 9.18 Å². The highest BCUT2D eigenvalue weighted by Crippen LogP contribution is 2.11. The summed E-state index contributed by atoms with van der Waals surface area (Å²) in [5.74, 6) is -1.74. The molecule has 1 aromatic rings. The van der Waals surface area contributed by atoms with Crippen LogP contribution in [0.15, 0.2) is 18.2 Å². The third kappa shape index (κ3) is 4.31. The van der Waals surface area contributed by atoms with Crippen LogP contribution in [0, 0.1) is 5.82 Å². The lowest BCUT2D eigenvalue weighted by Gasteiger charge is -2.12. The van der Waals surface area contributed by atoms with Crippen molar-refractivity contribution in [2.24, 2.45) is 0 Å². The van der Waals surface area contributed by atoms with Gasteiger partial charge in [0.25, 0.3) is 0 Å². The maximum absolute atomic E-state index is 13.7. The molecule has 0 aliphatic heterocycles. The zero-order chi connectivity index (χ0) is 15.1. The zero-order valence-electron chi connectivity index (χ0n) is 11.7. The van der Waals surface area contributed by atoms with Crippen LogP contribution >= 0.6 is 0 Å². The quantitative estimate of drug-likeness (QED) is 0.804. The summed E-state index contributed by atoms with van der Waals surface area (Å²) in [5, 5.41) is 2.92. The van der Waals surface area contributed by atoms with Gasteiger partial charge in [0, 0.05) is 6.54 Å². The van der Waals surface area contributed by atoms with E-state index in [1.54, 1.807) is 19.9 Å². The Morgan fingerprint density at radius 2 is 2.10 bits per heavy atom. The molecule has 0 saturated heterocycles. The van der Waals surface area contributed by atoms with E-state index in [2.05, 4.69) is 10.1 Å². The van der Waals surface area contributed by atoms with Crippen molar-refractivity contribution in [2.75, 3.05) is 13.7 Å². The first kappa shape index (κ1) is 16.1. The molecule has 0 aromatic heterocycles. The average molecular weight is 283 g/mol. The van der Waals surface area contributed by atoms with E-state index in [9.17, 15) is 14.0 Å². The van der Waals surface area contributed by atoms with Gasteiger partial charge in [-0.15, -0.1) is 0 Å². The number of methoxy groups -OCH3 is 1. The standard InChI is InChI=1S/C14H18FNO4/c1-4-20-13(17)9(2)16-8-10-5-6-11(12(15)7-10)14(18)19-3/h5-7,9,16H,4,8H2,1-3H3. The summed E-state index contributed by atoms with van der Waals surface area (Å²) in [7, 11) is 1.19. The van der Waals surface area contributed by atoms with Gasteiger partial charge in [-0.3, -0.25) is 4.79 Å². The molecule has 0 aliphatic carbocycles. The van der Waals surface area contributed by atoms with Crippen LogP contribution < -0.4 is 5.32 Å². The van der Waals surface area contributed by atoms with Gasteiger partial charge < -0.3 is 14.8 Å². The molecule has 0 heterocycles. The molecular weight excluding hydrogens is 265 g/mol. The van der Waals surface area contributed by atoms with Gasteiger partial charge in [0.05, 0.1) is 19.3 Å². The van der Waals surface area contributed by atoms with E-state index >= 15 is 0 Å². The number of carbonyl (C=O) groups is 2. The van der Waals surface area contributed by atoms with Crippen molar-refractivity contribution in [3.8, 4) is 0 Å². The van der Waals surface area contributed by atoms with Crippen LogP contribution in [0.25, 0.3) is 0 Å². The van der Waals surface area contributed by atoms with Crippen molar-refractivity contribution in [1.29, 1.82) is 0 Å². The Balaban J connectivity index is 2.64. The lowest BCUT2D eigenvalue weighted by Crippen LogP contribution is -2.34. The minimum absolute atomic E-state index is 0.116. The van der Waals surface area contributed by atoms with Crippen molar-refractivity contribution < 1.29 is 23.5 Å². The summed E-state index contributed by atoms with van der Waals surface area (Å²) in [5.41, 5.74) is 0.501. The van der Waals surface area contributed by atoms with E-state index in [0.717, 1.165) is 0 Å². The molecule has 0 amide bonds. The number of carbonyl (C=O) groups excluding carboxylic acids is 2. The molecule has 110 valence electrons. The molecule has 1 unspecified atom stereocenters. The molecule has 6 heteroatoms. The molecule has 0 fully saturated rings. The minimum atomic E-state index is -0.720. The van der Waals surface area contributed by atoms with Crippen LogP contribution in [-0.2, 0) is 20.8 Å². The van der Waals surface area contributed by atoms with Gasteiger partial charge in [-0.1, -0.05) is 6.07 Å². The van der Waals surface area contributed by atoms with E-state index in [4.69, 9.17) is 4.74 Å². The fourth-order valence-corrected chi connectivity index (χ4v) is 1.57. The van der Waals surface area contributed by atoms with Gasteiger partial charge in [0.1, 0.15) is 11.9 Å². The van der Waals surface area contributed by atoms with Crippen molar-refractivity contribution in [3.63, 3.8) is 0 Å². The number of nitrogens with one attached hydrogen (secondary N) is 1. The van der Waals surface area contributed by atoms with E-state index < -0.39 is 17.8 Å². The third-order valence-electron chi connectivity index (χ3n) is 2.69. The Labute approximate surface area is 117 Å². The highest BCUT2D eigenvalue weighted by Gasteiger charge is 2.15. The topological polar surface area (TPSA) is 64.6 Å². The van der Waals surface area contributed by atoms with E-state index in [-0.39, 0.29) is 11.5 Å². The highest BCUT2D eigenvalue weighted by atomic mass is 19.1. The monoisotopic (exact) mass is 283 g/mol. The first-order valence-corrected chi connectivity index (χ1v) is 6.26. The van der Waals surface area contributed by atoms with Crippen LogP contribution in [0.3, 0.4) is 0 Å². The number of hydrogen-bond donors (Lipinski definition) is 1. The maximum Gasteiger partial charge on any atom is 0.340 e. The van der Waals surface area contributed by atoms with Gasteiger partial charge in [-0.05, 0) is 31.5 Å². The number of esters is 2. The Morgan fingerprint density at radius 3 is 2.65 bits per heavy atom. The fourth-order valence-electron chi connectivity index (χ4n) is 1.57. The summed E-state index contributed by atoms with van der Waals surface area (Å²) in [6, 6.07) is 3.70. The number of benzene rings is 1. The second-order valence-electron chi connectivity index (χ2n) is 4.16. The molecule has 1 aromatic carbocycles. The number of rotatable bonds is 6. The second-order valence-corrected chi connectivity index (χ2v) is 4.16.